The Morgan fingerprint density at radius 1 is 1.38 bits per heavy atom. The molecule has 2 aromatic rings. The number of pyridine rings is 1. The van der Waals surface area contributed by atoms with E-state index in [2.05, 4.69) is 18.5 Å². The maximum atomic E-state index is 13.2. The van der Waals surface area contributed by atoms with E-state index in [1.165, 1.54) is 20.3 Å². The summed E-state index contributed by atoms with van der Waals surface area (Å²) in [7, 11) is 0. The molecule has 1 N–H and O–H groups in total. The van der Waals surface area contributed by atoms with Crippen molar-refractivity contribution in [3.05, 3.63) is 61.8 Å². The number of halogens is 2. The fourth-order valence-corrected chi connectivity index (χ4v) is 3.43. The molecule has 1 aromatic carbocycles. The number of nitrogens with zero attached hydrogens (tertiary/aromatic N) is 2. The van der Waals surface area contributed by atoms with Gasteiger partial charge >= 0.3 is 153 Å². The number of carbonyl (C=O) groups excluding carboxylic acids is 1. The van der Waals surface area contributed by atoms with Crippen molar-refractivity contribution in [2.24, 2.45) is 0 Å². The summed E-state index contributed by atoms with van der Waals surface area (Å²) < 4.78 is 14.5. The van der Waals surface area contributed by atoms with Crippen molar-refractivity contribution < 1.29 is 32.8 Å². The maximum absolute atomic E-state index is 13.2. The van der Waals surface area contributed by atoms with Gasteiger partial charge in [-0.25, -0.2) is 0 Å². The second-order valence-corrected chi connectivity index (χ2v) is 6.72. The first-order valence-corrected chi connectivity index (χ1v) is 8.27. The van der Waals surface area contributed by atoms with Crippen molar-refractivity contribution in [3.63, 3.8) is 0 Å². The Bertz CT molecular complexity index is 913. The van der Waals surface area contributed by atoms with Gasteiger partial charge in [0.05, 0.1) is 0 Å². The number of aromatic nitrogens is 1. The van der Waals surface area contributed by atoms with Gasteiger partial charge in [0.2, 0.25) is 0 Å². The first-order valence-electron chi connectivity index (χ1n) is 7.16. The van der Waals surface area contributed by atoms with Gasteiger partial charge in [0.1, 0.15) is 0 Å². The molecule has 128 valence electrons. The van der Waals surface area contributed by atoms with Crippen molar-refractivity contribution in [2.45, 2.75) is 19.9 Å². The predicted octanol–water partition coefficient (Wildman–Crippen LogP) is 2.16. The summed E-state index contributed by atoms with van der Waals surface area (Å²) in [6.45, 7) is 2.38. The molecule has 0 aliphatic carbocycles. The zero-order chi connectivity index (χ0) is 17.6. The number of aromatic hydroxyl groups is 1. The van der Waals surface area contributed by atoms with Gasteiger partial charge in [-0.2, -0.15) is 0 Å². The van der Waals surface area contributed by atoms with Gasteiger partial charge in [-0.1, -0.05) is 0 Å². The first-order chi connectivity index (χ1) is 11.3. The molecule has 0 bridgehead atoms. The summed E-state index contributed by atoms with van der Waals surface area (Å²) in [5, 5.41) is 10.1. The fourth-order valence-electron chi connectivity index (χ4n) is 2.84. The number of hydrogen-bond acceptors (Lipinski definition) is 3. The molecule has 0 spiro atoms. The molecular weight excluding hydrogens is 426 g/mol. The van der Waals surface area contributed by atoms with E-state index in [-0.39, 0.29) is 17.1 Å². The third kappa shape index (κ3) is 2.76. The van der Waals surface area contributed by atoms with Crippen LogP contribution in [-0.4, -0.2) is 25.8 Å². The summed E-state index contributed by atoms with van der Waals surface area (Å²) in [6.07, 6.45) is 0.514. The van der Waals surface area contributed by atoms with E-state index < -0.39 is 23.0 Å². The van der Waals surface area contributed by atoms with Gasteiger partial charge in [0.25, 0.3) is 0 Å². The van der Waals surface area contributed by atoms with E-state index >= 15 is 0 Å². The van der Waals surface area contributed by atoms with Crippen LogP contribution in [0.25, 0.3) is 0 Å². The Morgan fingerprint density at radius 2 is 2.08 bits per heavy atom. The van der Waals surface area contributed by atoms with Crippen LogP contribution in [0.1, 0.15) is 27.2 Å². The number of rotatable bonds is 2. The molecule has 1 aliphatic heterocycles. The molecule has 0 atom stereocenters. The average molecular weight is 439 g/mol. The monoisotopic (exact) mass is 438 g/mol. The quantitative estimate of drug-likeness (QED) is 0.731. The molecule has 0 fully saturated rings. The second-order valence-electron chi connectivity index (χ2n) is 5.58. The molecule has 0 saturated heterocycles. The van der Waals surface area contributed by atoms with E-state index in [4.69, 9.17) is 11.6 Å². The molecule has 24 heavy (non-hydrogen) atoms. The van der Waals surface area contributed by atoms with Gasteiger partial charge in [-0.3, -0.25) is 0 Å². The minimum absolute atomic E-state index is 0.0130. The Balaban J connectivity index is 1.98. The molecule has 1 aliphatic rings. The van der Waals surface area contributed by atoms with Crippen molar-refractivity contribution in [1.82, 2.24) is 8.21 Å². The molecule has 0 unspecified atom stereocenters. The summed E-state index contributed by atoms with van der Waals surface area (Å²) in [5.41, 5.74) is 1.36. The van der Waals surface area contributed by atoms with Crippen molar-refractivity contribution >= 4 is 17.5 Å². The molecular formula is C16H13ClFN2O3Rh. The van der Waals surface area contributed by atoms with Crippen LogP contribution < -0.4 is 5.56 Å². The third-order valence-electron chi connectivity index (χ3n) is 4.12. The van der Waals surface area contributed by atoms with E-state index in [1.807, 2.05) is 0 Å². The van der Waals surface area contributed by atoms with Crippen molar-refractivity contribution in [2.75, 3.05) is 6.54 Å². The zero-order valence-electron chi connectivity index (χ0n) is 12.6. The Labute approximate surface area is 152 Å². The first kappa shape index (κ1) is 17.1. The average Bonchev–Trinajstić information content (AvgIpc) is 2.56. The van der Waals surface area contributed by atoms with Gasteiger partial charge in [-0.05, 0) is 0 Å². The standard InChI is InChI=1S/C16H14ClFN2O3.Rh/c1-8-10-4-5-20(7-9-2-3-12(18)11(17)6-9)16(23)13(10)14(21)15(22)19-8;/h2-3,6H,4-5,7H2,1H3,(H2,19,21,22,23);/q;+1/p-1. The fraction of sp³-hybridized carbons (Fsp3) is 0.250. The van der Waals surface area contributed by atoms with E-state index in [1.54, 1.807) is 13.0 Å². The molecule has 0 saturated carbocycles. The normalized spacial score (nSPS) is 14.0. The van der Waals surface area contributed by atoms with Crippen LogP contribution in [0.3, 0.4) is 0 Å². The van der Waals surface area contributed by atoms with Gasteiger partial charge in [0.15, 0.2) is 0 Å². The summed E-state index contributed by atoms with van der Waals surface area (Å²) in [6, 6.07) is 4.26. The van der Waals surface area contributed by atoms with Crippen LogP contribution in [0.5, 0.6) is 5.75 Å². The number of amides is 1. The molecule has 2 heterocycles. The Morgan fingerprint density at radius 3 is 2.75 bits per heavy atom. The van der Waals surface area contributed by atoms with Crippen LogP contribution in [0.2, 0.25) is 5.02 Å². The second kappa shape index (κ2) is 6.30. The Kier molecular flexibility index (Phi) is 4.49. The zero-order valence-corrected chi connectivity index (χ0v) is 15.0. The van der Waals surface area contributed by atoms with Crippen molar-refractivity contribution in [3.8, 4) is 5.75 Å². The molecule has 3 rings (SSSR count). The number of carbonyl (C=O) groups is 1. The van der Waals surface area contributed by atoms with E-state index in [9.17, 15) is 19.1 Å². The topological polar surface area (TPSA) is 62.5 Å². The molecule has 8 heteroatoms. The van der Waals surface area contributed by atoms with Crippen LogP contribution in [0.4, 0.5) is 4.39 Å². The molecule has 1 amide bonds. The van der Waals surface area contributed by atoms with E-state index in [0.717, 1.165) is 0 Å². The minimum atomic E-state index is -0.640. The van der Waals surface area contributed by atoms with Crippen LogP contribution >= 0.6 is 11.6 Å². The third-order valence-corrected chi connectivity index (χ3v) is 5.29. The number of hydrogen-bond donors (Lipinski definition) is 1. The van der Waals surface area contributed by atoms with Crippen molar-refractivity contribution in [1.29, 1.82) is 0 Å². The summed E-state index contributed by atoms with van der Waals surface area (Å²) in [5.74, 6) is -1.49. The molecule has 0 radical (unpaired) electrons. The number of benzene rings is 1. The molecule has 5 nitrogen and oxygen atoms in total. The molecule has 1 aromatic heterocycles. The van der Waals surface area contributed by atoms with E-state index in [0.29, 0.717) is 29.8 Å². The number of fused-ring (bicyclic) bond motifs is 1. The predicted molar refractivity (Wildman–Crippen MR) is 82.4 cm³/mol. The summed E-state index contributed by atoms with van der Waals surface area (Å²) >= 11 is 8.22. The summed E-state index contributed by atoms with van der Waals surface area (Å²) in [4.78, 5) is 26.2. The van der Waals surface area contributed by atoms with Gasteiger partial charge in [0, 0.05) is 0 Å². The van der Waals surface area contributed by atoms with Crippen LogP contribution in [0.15, 0.2) is 23.0 Å². The Hall–Kier alpha value is -1.72. The van der Waals surface area contributed by atoms with Crippen LogP contribution in [0, 0.1) is 12.7 Å². The SMILES string of the molecule is Cc1c2c(c(O)c(=O)[n]1[Rh])C(=O)N(Cc1ccc(F)c(Cl)c1)CC2. The van der Waals surface area contributed by atoms with Gasteiger partial charge < -0.3 is 0 Å². The van der Waals surface area contributed by atoms with Crippen LogP contribution in [-0.2, 0) is 31.5 Å². The van der Waals surface area contributed by atoms with Gasteiger partial charge in [-0.15, -0.1) is 0 Å².